The first kappa shape index (κ1) is 13.8. The number of hydrogen-bond donors (Lipinski definition) is 3. The summed E-state index contributed by atoms with van der Waals surface area (Å²) in [6, 6.07) is -0.390. The molecule has 2 unspecified atom stereocenters. The summed E-state index contributed by atoms with van der Waals surface area (Å²) < 4.78 is 0. The Bertz CT molecular complexity index is 304. The molecule has 1 saturated carbocycles. The molecule has 1 rings (SSSR count). The van der Waals surface area contributed by atoms with Crippen molar-refractivity contribution in [2.75, 3.05) is 0 Å². The van der Waals surface area contributed by atoms with Gasteiger partial charge in [0.05, 0.1) is 0 Å². The Balaban J connectivity index is 2.71. The maximum Gasteiger partial charge on any atom is 0.329 e. The third-order valence-electron chi connectivity index (χ3n) is 3.18. The van der Waals surface area contributed by atoms with Crippen molar-refractivity contribution >= 4 is 12.0 Å². The van der Waals surface area contributed by atoms with Crippen LogP contribution < -0.4 is 10.6 Å². The van der Waals surface area contributed by atoms with Crippen LogP contribution in [0, 0.1) is 5.92 Å². The summed E-state index contributed by atoms with van der Waals surface area (Å²) in [6.07, 6.45) is 2.89. The number of rotatable bonds is 3. The fraction of sp³-hybridized carbons (Fsp3) is 0.833. The number of carboxylic acid groups (broad SMARTS) is 1. The molecule has 2 amide bonds. The van der Waals surface area contributed by atoms with E-state index in [9.17, 15) is 14.7 Å². The van der Waals surface area contributed by atoms with E-state index < -0.39 is 17.5 Å². The van der Waals surface area contributed by atoms with Gasteiger partial charge in [0.25, 0.3) is 0 Å². The van der Waals surface area contributed by atoms with E-state index in [0.717, 1.165) is 12.8 Å². The molecule has 5 heteroatoms. The second-order valence-corrected chi connectivity index (χ2v) is 5.34. The molecule has 2 atom stereocenters. The molecule has 0 spiro atoms. The average Bonchev–Trinajstić information content (AvgIpc) is 2.15. The van der Waals surface area contributed by atoms with E-state index in [1.165, 1.54) is 0 Å². The average molecular weight is 242 g/mol. The molecule has 0 aromatic heterocycles. The van der Waals surface area contributed by atoms with Gasteiger partial charge in [-0.15, -0.1) is 0 Å². The van der Waals surface area contributed by atoms with Crippen LogP contribution in [0.5, 0.6) is 0 Å². The standard InChI is InChI=1S/C12H22N2O3/c1-8(2)13-11(17)14-12(10(15)16)6-4-5-9(3)7-12/h8-9H,4-7H2,1-3H3,(H,15,16)(H2,13,14,17). The zero-order valence-electron chi connectivity index (χ0n) is 10.7. The summed E-state index contributed by atoms with van der Waals surface area (Å²) in [4.78, 5) is 23.1. The first-order chi connectivity index (χ1) is 7.85. The number of carbonyl (C=O) groups excluding carboxylic acids is 1. The van der Waals surface area contributed by atoms with Crippen LogP contribution in [0.3, 0.4) is 0 Å². The number of urea groups is 1. The first-order valence-electron chi connectivity index (χ1n) is 6.18. The third-order valence-corrected chi connectivity index (χ3v) is 3.18. The molecular weight excluding hydrogens is 220 g/mol. The van der Waals surface area contributed by atoms with Crippen molar-refractivity contribution in [2.45, 2.75) is 58.0 Å². The van der Waals surface area contributed by atoms with Crippen molar-refractivity contribution < 1.29 is 14.7 Å². The minimum atomic E-state index is -1.09. The van der Waals surface area contributed by atoms with Crippen molar-refractivity contribution in [3.05, 3.63) is 0 Å². The van der Waals surface area contributed by atoms with Crippen molar-refractivity contribution in [1.82, 2.24) is 10.6 Å². The SMILES string of the molecule is CC1CCCC(NC(=O)NC(C)C)(C(=O)O)C1. The lowest BCUT2D eigenvalue weighted by molar-refractivity contribution is -0.146. The third kappa shape index (κ3) is 3.61. The van der Waals surface area contributed by atoms with Crippen LogP contribution in [-0.2, 0) is 4.79 Å². The van der Waals surface area contributed by atoms with Gasteiger partial charge in [-0.1, -0.05) is 19.8 Å². The number of aliphatic carboxylic acids is 1. The van der Waals surface area contributed by atoms with Crippen LogP contribution in [0.15, 0.2) is 0 Å². The van der Waals surface area contributed by atoms with Crippen molar-refractivity contribution in [2.24, 2.45) is 5.92 Å². The maximum atomic E-state index is 11.7. The lowest BCUT2D eigenvalue weighted by atomic mass is 9.76. The molecule has 0 aromatic carbocycles. The molecular formula is C12H22N2O3. The van der Waals surface area contributed by atoms with Crippen molar-refractivity contribution in [1.29, 1.82) is 0 Å². The number of carboxylic acids is 1. The van der Waals surface area contributed by atoms with Crippen LogP contribution >= 0.6 is 0 Å². The lowest BCUT2D eigenvalue weighted by Crippen LogP contribution is -2.59. The van der Waals surface area contributed by atoms with E-state index in [4.69, 9.17) is 0 Å². The molecule has 3 N–H and O–H groups in total. The van der Waals surface area contributed by atoms with Gasteiger partial charge in [-0.2, -0.15) is 0 Å². The molecule has 1 aliphatic carbocycles. The molecule has 0 aliphatic heterocycles. The molecule has 5 nitrogen and oxygen atoms in total. The van der Waals surface area contributed by atoms with Gasteiger partial charge in [-0.25, -0.2) is 9.59 Å². The number of nitrogens with one attached hydrogen (secondary N) is 2. The quantitative estimate of drug-likeness (QED) is 0.705. The summed E-state index contributed by atoms with van der Waals surface area (Å²) in [5.74, 6) is -0.595. The second-order valence-electron chi connectivity index (χ2n) is 5.34. The number of carbonyl (C=O) groups is 2. The fourth-order valence-electron chi connectivity index (χ4n) is 2.43. The Morgan fingerprint density at radius 3 is 2.53 bits per heavy atom. The number of amides is 2. The second kappa shape index (κ2) is 5.38. The zero-order chi connectivity index (χ0) is 13.1. The van der Waals surface area contributed by atoms with Gasteiger partial charge in [0.2, 0.25) is 0 Å². The summed E-state index contributed by atoms with van der Waals surface area (Å²) in [5, 5.41) is 14.7. The highest BCUT2D eigenvalue weighted by molar-refractivity contribution is 5.86. The molecule has 0 aromatic rings. The molecule has 0 radical (unpaired) electrons. The van der Waals surface area contributed by atoms with Crippen LogP contribution in [0.25, 0.3) is 0 Å². The highest BCUT2D eigenvalue weighted by Crippen LogP contribution is 2.32. The Morgan fingerprint density at radius 1 is 1.41 bits per heavy atom. The lowest BCUT2D eigenvalue weighted by Gasteiger charge is -2.37. The van der Waals surface area contributed by atoms with Crippen molar-refractivity contribution in [3.8, 4) is 0 Å². The predicted molar refractivity (Wildman–Crippen MR) is 64.8 cm³/mol. The monoisotopic (exact) mass is 242 g/mol. The zero-order valence-corrected chi connectivity index (χ0v) is 10.7. The molecule has 0 saturated heterocycles. The first-order valence-corrected chi connectivity index (χ1v) is 6.18. The molecule has 17 heavy (non-hydrogen) atoms. The van der Waals surface area contributed by atoms with Gasteiger partial charge < -0.3 is 15.7 Å². The van der Waals surface area contributed by atoms with Gasteiger partial charge in [0.1, 0.15) is 5.54 Å². The molecule has 98 valence electrons. The molecule has 0 heterocycles. The minimum absolute atomic E-state index is 0.00172. The molecule has 0 bridgehead atoms. The summed E-state index contributed by atoms with van der Waals surface area (Å²) in [5.41, 5.74) is -1.09. The Kier molecular flexibility index (Phi) is 4.37. The van der Waals surface area contributed by atoms with E-state index in [-0.39, 0.29) is 6.04 Å². The maximum absolute atomic E-state index is 11.7. The van der Waals surface area contributed by atoms with Gasteiger partial charge >= 0.3 is 12.0 Å². The normalized spacial score (nSPS) is 28.8. The van der Waals surface area contributed by atoms with Crippen LogP contribution in [0.2, 0.25) is 0 Å². The van der Waals surface area contributed by atoms with E-state index in [1.54, 1.807) is 0 Å². The fourth-order valence-corrected chi connectivity index (χ4v) is 2.43. The topological polar surface area (TPSA) is 78.4 Å². The van der Waals surface area contributed by atoms with Crippen LogP contribution in [0.4, 0.5) is 4.79 Å². The van der Waals surface area contributed by atoms with E-state index >= 15 is 0 Å². The highest BCUT2D eigenvalue weighted by atomic mass is 16.4. The van der Waals surface area contributed by atoms with Crippen LogP contribution in [-0.4, -0.2) is 28.7 Å². The van der Waals surface area contributed by atoms with Gasteiger partial charge in [-0.05, 0) is 32.6 Å². The smallest absolute Gasteiger partial charge is 0.329 e. The minimum Gasteiger partial charge on any atom is -0.480 e. The van der Waals surface area contributed by atoms with E-state index in [0.29, 0.717) is 18.8 Å². The predicted octanol–water partition coefficient (Wildman–Crippen LogP) is 1.73. The summed E-state index contributed by atoms with van der Waals surface area (Å²) in [6.45, 7) is 5.71. The largest absolute Gasteiger partial charge is 0.480 e. The Labute approximate surface area is 102 Å². The number of hydrogen-bond acceptors (Lipinski definition) is 2. The van der Waals surface area contributed by atoms with Crippen LogP contribution in [0.1, 0.15) is 46.5 Å². The highest BCUT2D eigenvalue weighted by Gasteiger charge is 2.43. The van der Waals surface area contributed by atoms with Gasteiger partial charge in [0, 0.05) is 6.04 Å². The molecule has 1 fully saturated rings. The Hall–Kier alpha value is -1.26. The summed E-state index contributed by atoms with van der Waals surface area (Å²) >= 11 is 0. The summed E-state index contributed by atoms with van der Waals surface area (Å²) in [7, 11) is 0. The van der Waals surface area contributed by atoms with E-state index in [1.807, 2.05) is 20.8 Å². The Morgan fingerprint density at radius 2 is 2.06 bits per heavy atom. The van der Waals surface area contributed by atoms with Gasteiger partial charge in [-0.3, -0.25) is 0 Å². The molecule has 1 aliphatic rings. The van der Waals surface area contributed by atoms with Crippen molar-refractivity contribution in [3.63, 3.8) is 0 Å². The van der Waals surface area contributed by atoms with Gasteiger partial charge in [0.15, 0.2) is 0 Å². The van der Waals surface area contributed by atoms with E-state index in [2.05, 4.69) is 10.6 Å².